The van der Waals surface area contributed by atoms with Gasteiger partial charge in [0.05, 0.1) is 12.7 Å². The maximum atomic E-state index is 12.7. The van der Waals surface area contributed by atoms with Crippen LogP contribution >= 0.6 is 0 Å². The molecule has 0 saturated heterocycles. The molecule has 1 aromatic heterocycles. The number of ether oxygens (including phenoxy) is 1. The first-order chi connectivity index (χ1) is 9.82. The number of rotatable bonds is 2. The Bertz CT molecular complexity index is 687. The minimum atomic E-state index is -4.46. The van der Waals surface area contributed by atoms with Gasteiger partial charge in [-0.3, -0.25) is 0 Å². The quantitative estimate of drug-likeness (QED) is 0.862. The number of methoxy groups -OCH3 is 1. The highest BCUT2D eigenvalue weighted by molar-refractivity contribution is 5.93. The standard InChI is InChI=1S/C13H10F3N3O2/c1-21-12(20)9-6-18-11(19-10(9)17)7-3-2-4-8(5-7)13(14,15)16/h2-6H,1H3,(H2,17,18,19). The largest absolute Gasteiger partial charge is 0.465 e. The number of hydrogen-bond donors (Lipinski definition) is 1. The summed E-state index contributed by atoms with van der Waals surface area (Å²) >= 11 is 0. The Labute approximate surface area is 117 Å². The number of carbonyl (C=O) groups is 1. The lowest BCUT2D eigenvalue weighted by molar-refractivity contribution is -0.137. The van der Waals surface area contributed by atoms with E-state index in [1.54, 1.807) is 0 Å². The van der Waals surface area contributed by atoms with Gasteiger partial charge in [0.15, 0.2) is 5.82 Å². The molecule has 1 heterocycles. The lowest BCUT2D eigenvalue weighted by Crippen LogP contribution is -2.09. The van der Waals surface area contributed by atoms with Crippen molar-refractivity contribution in [2.75, 3.05) is 12.8 Å². The molecule has 110 valence electrons. The normalized spacial score (nSPS) is 11.2. The number of nitrogen functional groups attached to an aromatic ring is 1. The molecular formula is C13H10F3N3O2. The molecule has 2 N–H and O–H groups in total. The molecule has 0 aliphatic heterocycles. The molecule has 8 heteroatoms. The van der Waals surface area contributed by atoms with E-state index < -0.39 is 17.7 Å². The van der Waals surface area contributed by atoms with Gasteiger partial charge in [0, 0.05) is 11.8 Å². The highest BCUT2D eigenvalue weighted by Gasteiger charge is 2.30. The SMILES string of the molecule is COC(=O)c1cnc(-c2cccc(C(F)(F)F)c2)nc1N. The number of carbonyl (C=O) groups excluding carboxylic acids is 1. The van der Waals surface area contributed by atoms with Gasteiger partial charge in [0.1, 0.15) is 11.4 Å². The smallest absolute Gasteiger partial charge is 0.416 e. The highest BCUT2D eigenvalue weighted by Crippen LogP contribution is 2.31. The number of hydrogen-bond acceptors (Lipinski definition) is 5. The first kappa shape index (κ1) is 14.8. The van der Waals surface area contributed by atoms with Gasteiger partial charge in [-0.05, 0) is 12.1 Å². The van der Waals surface area contributed by atoms with Crippen LogP contribution in [0.5, 0.6) is 0 Å². The molecule has 5 nitrogen and oxygen atoms in total. The van der Waals surface area contributed by atoms with Crippen molar-refractivity contribution in [3.05, 3.63) is 41.6 Å². The molecule has 21 heavy (non-hydrogen) atoms. The molecule has 0 aliphatic rings. The van der Waals surface area contributed by atoms with E-state index in [-0.39, 0.29) is 22.8 Å². The number of nitrogens with zero attached hydrogens (tertiary/aromatic N) is 2. The summed E-state index contributed by atoms with van der Waals surface area (Å²) in [4.78, 5) is 19.0. The maximum absolute atomic E-state index is 12.7. The van der Waals surface area contributed by atoms with E-state index >= 15 is 0 Å². The zero-order chi connectivity index (χ0) is 15.6. The van der Waals surface area contributed by atoms with Crippen LogP contribution in [0.2, 0.25) is 0 Å². The molecule has 1 aromatic carbocycles. The van der Waals surface area contributed by atoms with Crippen LogP contribution in [0.3, 0.4) is 0 Å². The fourth-order valence-corrected chi connectivity index (χ4v) is 1.64. The molecule has 0 atom stereocenters. The monoisotopic (exact) mass is 297 g/mol. The molecule has 2 rings (SSSR count). The van der Waals surface area contributed by atoms with E-state index in [1.165, 1.54) is 19.2 Å². The van der Waals surface area contributed by atoms with Gasteiger partial charge < -0.3 is 10.5 Å². The third-order valence-corrected chi connectivity index (χ3v) is 2.67. The zero-order valence-corrected chi connectivity index (χ0v) is 10.8. The lowest BCUT2D eigenvalue weighted by Gasteiger charge is -2.09. The zero-order valence-electron chi connectivity index (χ0n) is 10.8. The minimum Gasteiger partial charge on any atom is -0.465 e. The second kappa shape index (κ2) is 5.39. The number of anilines is 1. The number of nitrogens with two attached hydrogens (primary N) is 1. The van der Waals surface area contributed by atoms with Crippen LogP contribution in [0.25, 0.3) is 11.4 Å². The van der Waals surface area contributed by atoms with Crippen molar-refractivity contribution < 1.29 is 22.7 Å². The van der Waals surface area contributed by atoms with Crippen molar-refractivity contribution in [3.8, 4) is 11.4 Å². The fraction of sp³-hybridized carbons (Fsp3) is 0.154. The van der Waals surface area contributed by atoms with E-state index in [9.17, 15) is 18.0 Å². The number of alkyl halides is 3. The van der Waals surface area contributed by atoms with Crippen LogP contribution in [0.4, 0.5) is 19.0 Å². The molecule has 0 amide bonds. The van der Waals surface area contributed by atoms with Gasteiger partial charge in [-0.2, -0.15) is 13.2 Å². The van der Waals surface area contributed by atoms with Gasteiger partial charge >= 0.3 is 12.1 Å². The van der Waals surface area contributed by atoms with Crippen LogP contribution < -0.4 is 5.73 Å². The summed E-state index contributed by atoms with van der Waals surface area (Å²) in [5, 5.41) is 0. The van der Waals surface area contributed by atoms with Gasteiger partial charge in [-0.15, -0.1) is 0 Å². The molecule has 0 fully saturated rings. The molecule has 0 radical (unpaired) electrons. The molecular weight excluding hydrogens is 287 g/mol. The molecule has 0 aliphatic carbocycles. The third-order valence-electron chi connectivity index (χ3n) is 2.67. The maximum Gasteiger partial charge on any atom is 0.416 e. The summed E-state index contributed by atoms with van der Waals surface area (Å²) in [5.41, 5.74) is 4.86. The van der Waals surface area contributed by atoms with E-state index in [0.717, 1.165) is 18.3 Å². The molecule has 2 aromatic rings. The van der Waals surface area contributed by atoms with E-state index in [4.69, 9.17) is 5.73 Å². The van der Waals surface area contributed by atoms with E-state index in [1.807, 2.05) is 0 Å². The summed E-state index contributed by atoms with van der Waals surface area (Å²) in [5.74, 6) is -0.890. The minimum absolute atomic E-state index is 0.00810. The first-order valence-electron chi connectivity index (χ1n) is 5.71. The summed E-state index contributed by atoms with van der Waals surface area (Å²) in [6.07, 6.45) is -3.35. The third kappa shape index (κ3) is 3.10. The Morgan fingerprint density at radius 2 is 2.05 bits per heavy atom. The summed E-state index contributed by atoms with van der Waals surface area (Å²) in [7, 11) is 1.17. The van der Waals surface area contributed by atoms with Crippen molar-refractivity contribution in [1.29, 1.82) is 0 Å². The summed E-state index contributed by atoms with van der Waals surface area (Å²) < 4.78 is 42.4. The molecule has 0 bridgehead atoms. The van der Waals surface area contributed by atoms with Crippen LogP contribution in [0.15, 0.2) is 30.5 Å². The van der Waals surface area contributed by atoms with E-state index in [0.29, 0.717) is 0 Å². The van der Waals surface area contributed by atoms with Crippen molar-refractivity contribution in [2.24, 2.45) is 0 Å². The van der Waals surface area contributed by atoms with Gasteiger partial charge in [-0.25, -0.2) is 14.8 Å². The van der Waals surface area contributed by atoms with Crippen molar-refractivity contribution >= 4 is 11.8 Å². The molecule has 0 saturated carbocycles. The summed E-state index contributed by atoms with van der Waals surface area (Å²) in [6, 6.07) is 4.51. The van der Waals surface area contributed by atoms with Crippen LogP contribution in [0.1, 0.15) is 15.9 Å². The average molecular weight is 297 g/mol. The fourth-order valence-electron chi connectivity index (χ4n) is 1.64. The number of benzene rings is 1. The average Bonchev–Trinajstić information content (AvgIpc) is 2.45. The Morgan fingerprint density at radius 1 is 1.33 bits per heavy atom. The van der Waals surface area contributed by atoms with Gasteiger partial charge in [0.25, 0.3) is 0 Å². The predicted molar refractivity (Wildman–Crippen MR) is 68.2 cm³/mol. The number of esters is 1. The van der Waals surface area contributed by atoms with Gasteiger partial charge in [-0.1, -0.05) is 12.1 Å². The molecule has 0 spiro atoms. The summed E-state index contributed by atoms with van der Waals surface area (Å²) in [6.45, 7) is 0. The predicted octanol–water partition coefficient (Wildman–Crippen LogP) is 2.53. The van der Waals surface area contributed by atoms with Crippen LogP contribution in [-0.4, -0.2) is 23.0 Å². The van der Waals surface area contributed by atoms with Crippen molar-refractivity contribution in [3.63, 3.8) is 0 Å². The topological polar surface area (TPSA) is 78.1 Å². The van der Waals surface area contributed by atoms with E-state index in [2.05, 4.69) is 14.7 Å². The number of aromatic nitrogens is 2. The Balaban J connectivity index is 2.44. The Morgan fingerprint density at radius 3 is 2.62 bits per heavy atom. The van der Waals surface area contributed by atoms with Crippen LogP contribution in [-0.2, 0) is 10.9 Å². The van der Waals surface area contributed by atoms with Crippen LogP contribution in [0, 0.1) is 0 Å². The second-order valence-corrected chi connectivity index (χ2v) is 4.06. The Kier molecular flexibility index (Phi) is 3.79. The highest BCUT2D eigenvalue weighted by atomic mass is 19.4. The first-order valence-corrected chi connectivity index (χ1v) is 5.71. The van der Waals surface area contributed by atoms with Gasteiger partial charge in [0.2, 0.25) is 0 Å². The van der Waals surface area contributed by atoms with Crippen molar-refractivity contribution in [2.45, 2.75) is 6.18 Å². The molecule has 0 unspecified atom stereocenters. The number of halogens is 3. The Hall–Kier alpha value is -2.64. The van der Waals surface area contributed by atoms with Crippen molar-refractivity contribution in [1.82, 2.24) is 9.97 Å². The second-order valence-electron chi connectivity index (χ2n) is 4.06. The lowest BCUT2D eigenvalue weighted by atomic mass is 10.1.